The molecule has 2 aromatic rings. The summed E-state index contributed by atoms with van der Waals surface area (Å²) < 4.78 is 0. The summed E-state index contributed by atoms with van der Waals surface area (Å²) in [5.41, 5.74) is 14.2. The van der Waals surface area contributed by atoms with Gasteiger partial charge in [0.1, 0.15) is 28.2 Å². The van der Waals surface area contributed by atoms with Gasteiger partial charge in [0.15, 0.2) is 0 Å². The Bertz CT molecular complexity index is 1100. The lowest BCUT2D eigenvalue weighted by atomic mass is 9.90. The van der Waals surface area contributed by atoms with E-state index in [9.17, 15) is 15.3 Å². The fourth-order valence-corrected chi connectivity index (χ4v) is 5.19. The first-order valence-corrected chi connectivity index (χ1v) is 11.7. The third kappa shape index (κ3) is 4.43. The summed E-state index contributed by atoms with van der Waals surface area (Å²) in [5, 5.41) is 19.8. The van der Waals surface area contributed by atoms with E-state index in [0.717, 1.165) is 36.8 Å². The van der Waals surface area contributed by atoms with Gasteiger partial charge in [-0.3, -0.25) is 4.79 Å². The van der Waals surface area contributed by atoms with E-state index in [-0.39, 0.29) is 11.5 Å². The normalized spacial score (nSPS) is 18.4. The number of nitrogens with two attached hydrogens (primary N) is 2. The molecule has 1 saturated carbocycles. The lowest BCUT2D eigenvalue weighted by Crippen LogP contribution is -2.48. The van der Waals surface area contributed by atoms with Crippen molar-refractivity contribution in [2.75, 3.05) is 18.0 Å². The van der Waals surface area contributed by atoms with Crippen molar-refractivity contribution < 1.29 is 4.79 Å². The van der Waals surface area contributed by atoms with Crippen LogP contribution in [-0.2, 0) is 4.79 Å². The van der Waals surface area contributed by atoms with Gasteiger partial charge in [-0.25, -0.2) is 4.98 Å². The zero-order valence-corrected chi connectivity index (χ0v) is 18.9. The number of carbonyl (C=O) groups excluding carboxylic acids is 1. The largest absolute Gasteiger partial charge is 0.368 e. The van der Waals surface area contributed by atoms with Crippen molar-refractivity contribution in [1.29, 1.82) is 10.5 Å². The standard InChI is InChI=1S/C24H26N6OS/c1-24(28)9-11-30(12-10-24)22-17(13-25)19(15-7-8-15)18(14-26)23(29-22)32-20(21(27)31)16-5-3-2-4-6-16/h2-6,15,20H,7-12,28H2,1H3,(H2,27,31). The van der Waals surface area contributed by atoms with Crippen LogP contribution in [0.2, 0.25) is 0 Å². The van der Waals surface area contributed by atoms with Crippen LogP contribution in [0, 0.1) is 22.7 Å². The Kier molecular flexibility index (Phi) is 6.10. The summed E-state index contributed by atoms with van der Waals surface area (Å²) in [5.74, 6) is 0.263. The molecule has 2 fully saturated rings. The summed E-state index contributed by atoms with van der Waals surface area (Å²) >= 11 is 1.19. The molecule has 2 heterocycles. The van der Waals surface area contributed by atoms with Crippen LogP contribution in [0.3, 0.4) is 0 Å². The second-order valence-electron chi connectivity index (χ2n) is 8.85. The SMILES string of the molecule is CC1(N)CCN(c2nc(SC(C(N)=O)c3ccccc3)c(C#N)c(C3CC3)c2C#N)CC1. The number of primary amides is 1. The molecule has 2 aliphatic rings. The zero-order chi connectivity index (χ0) is 22.9. The number of carbonyl (C=O) groups is 1. The summed E-state index contributed by atoms with van der Waals surface area (Å²) in [7, 11) is 0. The predicted molar refractivity (Wildman–Crippen MR) is 124 cm³/mol. The monoisotopic (exact) mass is 446 g/mol. The summed E-state index contributed by atoms with van der Waals surface area (Å²) in [6, 6.07) is 13.9. The Labute approximate surface area is 192 Å². The number of piperidine rings is 1. The average Bonchev–Trinajstić information content (AvgIpc) is 3.62. The topological polar surface area (TPSA) is 133 Å². The molecule has 0 radical (unpaired) electrons. The number of pyridine rings is 1. The van der Waals surface area contributed by atoms with E-state index in [1.54, 1.807) is 0 Å². The molecule has 1 unspecified atom stereocenters. The molecule has 1 aliphatic heterocycles. The van der Waals surface area contributed by atoms with Gasteiger partial charge in [-0.15, -0.1) is 0 Å². The minimum atomic E-state index is -0.683. The number of aromatic nitrogens is 1. The molecule has 164 valence electrons. The maximum absolute atomic E-state index is 12.3. The van der Waals surface area contributed by atoms with Gasteiger partial charge in [-0.05, 0) is 49.7 Å². The Morgan fingerprint density at radius 3 is 2.34 bits per heavy atom. The predicted octanol–water partition coefficient (Wildman–Crippen LogP) is 3.34. The lowest BCUT2D eigenvalue weighted by Gasteiger charge is -2.38. The van der Waals surface area contributed by atoms with Crippen LogP contribution in [-0.4, -0.2) is 29.5 Å². The number of nitriles is 2. The van der Waals surface area contributed by atoms with Crippen molar-refractivity contribution in [3.8, 4) is 12.1 Å². The van der Waals surface area contributed by atoms with Crippen LogP contribution in [0.4, 0.5) is 5.82 Å². The van der Waals surface area contributed by atoms with Gasteiger partial charge in [0, 0.05) is 18.6 Å². The van der Waals surface area contributed by atoms with E-state index in [0.29, 0.717) is 35.1 Å². The highest BCUT2D eigenvalue weighted by molar-refractivity contribution is 8.00. The lowest BCUT2D eigenvalue weighted by molar-refractivity contribution is -0.117. The smallest absolute Gasteiger partial charge is 0.235 e. The molecule has 0 bridgehead atoms. The molecule has 1 aromatic carbocycles. The minimum Gasteiger partial charge on any atom is -0.368 e. The molecule has 1 amide bonds. The van der Waals surface area contributed by atoms with E-state index >= 15 is 0 Å². The van der Waals surface area contributed by atoms with Crippen molar-refractivity contribution in [3.63, 3.8) is 0 Å². The number of benzene rings is 1. The second kappa shape index (κ2) is 8.82. The quantitative estimate of drug-likeness (QED) is 0.650. The molecule has 7 nitrogen and oxygen atoms in total. The molecular weight excluding hydrogens is 420 g/mol. The molecule has 4 N–H and O–H groups in total. The number of thioether (sulfide) groups is 1. The fraction of sp³-hybridized carbons (Fsp3) is 0.417. The van der Waals surface area contributed by atoms with Gasteiger partial charge >= 0.3 is 0 Å². The van der Waals surface area contributed by atoms with Crippen molar-refractivity contribution >= 4 is 23.5 Å². The number of hydrogen-bond donors (Lipinski definition) is 2. The second-order valence-corrected chi connectivity index (χ2v) is 9.95. The van der Waals surface area contributed by atoms with Crippen molar-refractivity contribution in [3.05, 3.63) is 52.6 Å². The third-order valence-electron chi connectivity index (χ3n) is 6.19. The van der Waals surface area contributed by atoms with Crippen LogP contribution < -0.4 is 16.4 Å². The molecule has 4 rings (SSSR count). The van der Waals surface area contributed by atoms with Crippen LogP contribution in [0.25, 0.3) is 0 Å². The van der Waals surface area contributed by atoms with Gasteiger partial charge in [-0.2, -0.15) is 10.5 Å². The van der Waals surface area contributed by atoms with E-state index in [2.05, 4.69) is 17.0 Å². The maximum atomic E-state index is 12.3. The van der Waals surface area contributed by atoms with Gasteiger partial charge in [0.2, 0.25) is 5.91 Å². The number of rotatable bonds is 6. The first-order chi connectivity index (χ1) is 15.3. The van der Waals surface area contributed by atoms with Crippen molar-refractivity contribution in [2.45, 2.75) is 54.3 Å². The highest BCUT2D eigenvalue weighted by Crippen LogP contribution is 2.48. The van der Waals surface area contributed by atoms with E-state index < -0.39 is 11.2 Å². The van der Waals surface area contributed by atoms with Gasteiger partial charge < -0.3 is 16.4 Å². The van der Waals surface area contributed by atoms with E-state index in [4.69, 9.17) is 16.5 Å². The van der Waals surface area contributed by atoms with Crippen LogP contribution in [0.1, 0.15) is 66.0 Å². The maximum Gasteiger partial charge on any atom is 0.235 e. The van der Waals surface area contributed by atoms with E-state index in [1.807, 2.05) is 37.3 Å². The first kappa shape index (κ1) is 22.1. The number of nitrogens with zero attached hydrogens (tertiary/aromatic N) is 4. The number of hydrogen-bond acceptors (Lipinski definition) is 7. The molecule has 1 saturated heterocycles. The Morgan fingerprint density at radius 1 is 1.19 bits per heavy atom. The molecule has 8 heteroatoms. The van der Waals surface area contributed by atoms with Crippen LogP contribution in [0.15, 0.2) is 35.4 Å². The highest BCUT2D eigenvalue weighted by atomic mass is 32.2. The molecule has 0 spiro atoms. The fourth-order valence-electron chi connectivity index (χ4n) is 4.14. The number of anilines is 1. The summed E-state index contributed by atoms with van der Waals surface area (Å²) in [6.45, 7) is 3.41. The molecule has 1 aromatic heterocycles. The van der Waals surface area contributed by atoms with Gasteiger partial charge in [0.25, 0.3) is 0 Å². The Balaban J connectivity index is 1.81. The Hall–Kier alpha value is -3.07. The third-order valence-corrected chi connectivity index (χ3v) is 7.45. The summed E-state index contributed by atoms with van der Waals surface area (Å²) in [4.78, 5) is 19.2. The van der Waals surface area contributed by atoms with Crippen molar-refractivity contribution in [2.24, 2.45) is 11.5 Å². The van der Waals surface area contributed by atoms with E-state index in [1.165, 1.54) is 11.8 Å². The van der Waals surface area contributed by atoms with Gasteiger partial charge in [0.05, 0.1) is 11.1 Å². The first-order valence-electron chi connectivity index (χ1n) is 10.8. The molecule has 1 atom stereocenters. The number of amides is 1. The average molecular weight is 447 g/mol. The molecular formula is C24H26N6OS. The summed E-state index contributed by atoms with van der Waals surface area (Å²) in [6.07, 6.45) is 3.45. The van der Waals surface area contributed by atoms with Crippen molar-refractivity contribution in [1.82, 2.24) is 4.98 Å². The molecule has 32 heavy (non-hydrogen) atoms. The highest BCUT2D eigenvalue weighted by Gasteiger charge is 2.36. The van der Waals surface area contributed by atoms with Crippen LogP contribution in [0.5, 0.6) is 0 Å². The van der Waals surface area contributed by atoms with Gasteiger partial charge in [-0.1, -0.05) is 42.1 Å². The van der Waals surface area contributed by atoms with Crippen LogP contribution >= 0.6 is 11.8 Å². The zero-order valence-electron chi connectivity index (χ0n) is 18.0. The minimum absolute atomic E-state index is 0.175. The molecule has 1 aliphatic carbocycles. The Morgan fingerprint density at radius 2 is 1.81 bits per heavy atom.